The maximum Gasteiger partial charge on any atom is 0.352 e. The van der Waals surface area contributed by atoms with Crippen LogP contribution in [0.3, 0.4) is 0 Å². The number of carboxylic acids is 1. The van der Waals surface area contributed by atoms with E-state index in [1.807, 2.05) is 0 Å². The average molecular weight is 610 g/mol. The second kappa shape index (κ2) is 12.3. The Balaban J connectivity index is 1.36. The number of carbonyl (C=O) groups excluding carboxylic acids is 4. The fraction of sp³-hybridized carbons (Fsp3) is 0.240. The monoisotopic (exact) mass is 609 g/mol. The zero-order valence-corrected chi connectivity index (χ0v) is 23.4. The Morgan fingerprint density at radius 3 is 2.54 bits per heavy atom. The van der Waals surface area contributed by atoms with Crippen molar-refractivity contribution in [2.45, 2.75) is 23.2 Å². The number of aliphatic carboxylic acids is 1. The molecule has 0 radical (unpaired) electrons. The molecule has 2 aliphatic rings. The van der Waals surface area contributed by atoms with Crippen LogP contribution in [0.5, 0.6) is 0 Å². The van der Waals surface area contributed by atoms with Gasteiger partial charge in [-0.25, -0.2) is 9.59 Å². The highest BCUT2D eigenvalue weighted by Gasteiger charge is 2.54. The van der Waals surface area contributed by atoms with Crippen LogP contribution in [0, 0.1) is 0 Å². The van der Waals surface area contributed by atoms with Crippen LogP contribution in [0.4, 0.5) is 5.69 Å². The lowest BCUT2D eigenvalue weighted by Gasteiger charge is -2.49. The molecule has 0 spiro atoms. The number of anilines is 1. The number of β-lactam (4-membered cyclic amide) rings is 1. The summed E-state index contributed by atoms with van der Waals surface area (Å²) in [6, 6.07) is 10.0. The van der Waals surface area contributed by atoms with Crippen molar-refractivity contribution >= 4 is 82.1 Å². The quantitative estimate of drug-likeness (QED) is 0.220. The largest absolute Gasteiger partial charge is 0.477 e. The van der Waals surface area contributed by atoms with Crippen molar-refractivity contribution in [3.05, 3.63) is 69.3 Å². The zero-order valence-electron chi connectivity index (χ0n) is 20.2. The van der Waals surface area contributed by atoms with Gasteiger partial charge in [0.15, 0.2) is 0 Å². The van der Waals surface area contributed by atoms with Crippen molar-refractivity contribution in [3.8, 4) is 0 Å². The maximum atomic E-state index is 12.9. The third-order valence-corrected chi connectivity index (χ3v) is 8.71. The van der Waals surface area contributed by atoms with Crippen molar-refractivity contribution < 1.29 is 33.8 Å². The fourth-order valence-corrected chi connectivity index (χ4v) is 6.50. The molecule has 2 atom stereocenters. The Bertz CT molecular complexity index is 1380. The first-order chi connectivity index (χ1) is 18.5. The van der Waals surface area contributed by atoms with E-state index in [9.17, 15) is 29.1 Å². The van der Waals surface area contributed by atoms with E-state index in [1.165, 1.54) is 43.0 Å². The van der Waals surface area contributed by atoms with E-state index in [2.05, 4.69) is 10.6 Å². The molecule has 10 nitrogen and oxygen atoms in total. The van der Waals surface area contributed by atoms with Crippen LogP contribution >= 0.6 is 46.7 Å². The molecule has 14 heteroatoms. The van der Waals surface area contributed by atoms with Gasteiger partial charge in [-0.05, 0) is 42.5 Å². The molecule has 2 aromatic rings. The van der Waals surface area contributed by atoms with Gasteiger partial charge in [-0.2, -0.15) is 0 Å². The molecule has 0 aromatic heterocycles. The number of halogens is 2. The molecule has 0 saturated carbocycles. The number of amides is 3. The molecular formula is C25H21Cl2N3O7S2. The van der Waals surface area contributed by atoms with Crippen molar-refractivity contribution in [2.24, 2.45) is 0 Å². The Kier molecular flexibility index (Phi) is 9.11. The molecule has 1 unspecified atom stereocenters. The molecule has 2 heterocycles. The van der Waals surface area contributed by atoms with Crippen molar-refractivity contribution in [3.63, 3.8) is 0 Å². The number of carboxylic acid groups (broad SMARTS) is 1. The van der Waals surface area contributed by atoms with Crippen LogP contribution in [0.25, 0.3) is 0 Å². The number of benzene rings is 2. The molecule has 1 saturated heterocycles. The van der Waals surface area contributed by atoms with Crippen LogP contribution in [0.1, 0.15) is 17.3 Å². The second-order valence-electron chi connectivity index (χ2n) is 8.41. The minimum absolute atomic E-state index is 0.0180. The fourth-order valence-electron chi connectivity index (χ4n) is 3.87. The summed E-state index contributed by atoms with van der Waals surface area (Å²) in [5, 5.41) is 15.4. The van der Waals surface area contributed by atoms with Gasteiger partial charge in [0.25, 0.3) is 5.91 Å². The number of thioether (sulfide) groups is 2. The molecule has 3 N–H and O–H groups in total. The second-order valence-corrected chi connectivity index (χ2v) is 11.4. The highest BCUT2D eigenvalue weighted by atomic mass is 35.5. The summed E-state index contributed by atoms with van der Waals surface area (Å²) < 4.78 is 5.30. The first-order valence-electron chi connectivity index (χ1n) is 11.4. The standard InChI is InChI=1S/C25H21Cl2N3O7S2/c1-12(31)28-16-5-2-13(3-6-16)25(36)37-9-14-10-39-23-20(22(33)30(23)21(14)24(34)35)29-19(32)11-38-18-8-15(26)4-7-17(18)27/h2-8,20,23H,9-11H2,1H3,(H,28,31)(H,29,32)(H,34,35)/t20-,23?/m1/s1. The van der Waals surface area contributed by atoms with E-state index in [1.54, 1.807) is 18.2 Å². The number of nitrogens with zero attached hydrogens (tertiary/aromatic N) is 1. The number of hydrogen-bond acceptors (Lipinski definition) is 8. The predicted octanol–water partition coefficient (Wildman–Crippen LogP) is 3.64. The number of hydrogen-bond donors (Lipinski definition) is 3. The molecule has 2 aliphatic heterocycles. The van der Waals surface area contributed by atoms with Gasteiger partial charge < -0.3 is 20.5 Å². The summed E-state index contributed by atoms with van der Waals surface area (Å²) in [5.41, 5.74) is 0.719. The number of esters is 1. The van der Waals surface area contributed by atoms with Gasteiger partial charge >= 0.3 is 11.9 Å². The van der Waals surface area contributed by atoms with Crippen LogP contribution in [0.2, 0.25) is 10.0 Å². The molecular weight excluding hydrogens is 589 g/mol. The Hall–Kier alpha value is -3.19. The number of carbonyl (C=O) groups is 5. The van der Waals surface area contributed by atoms with Crippen LogP contribution < -0.4 is 10.6 Å². The number of nitrogens with one attached hydrogen (secondary N) is 2. The van der Waals surface area contributed by atoms with Gasteiger partial charge in [0, 0.05) is 33.9 Å². The van der Waals surface area contributed by atoms with E-state index < -0.39 is 35.2 Å². The number of rotatable bonds is 9. The Labute approximate surface area is 241 Å². The van der Waals surface area contributed by atoms with Gasteiger partial charge in [0.1, 0.15) is 23.7 Å². The minimum Gasteiger partial charge on any atom is -0.477 e. The van der Waals surface area contributed by atoms with E-state index in [-0.39, 0.29) is 40.9 Å². The van der Waals surface area contributed by atoms with Crippen molar-refractivity contribution in [2.75, 3.05) is 23.4 Å². The summed E-state index contributed by atoms with van der Waals surface area (Å²) in [6.45, 7) is 1.03. The molecule has 3 amide bonds. The Morgan fingerprint density at radius 2 is 1.87 bits per heavy atom. The van der Waals surface area contributed by atoms with Crippen LogP contribution in [0.15, 0.2) is 58.6 Å². The summed E-state index contributed by atoms with van der Waals surface area (Å²) in [5.74, 6) is -3.10. The van der Waals surface area contributed by atoms with Gasteiger partial charge in [0.05, 0.1) is 16.3 Å². The van der Waals surface area contributed by atoms with Crippen molar-refractivity contribution in [1.29, 1.82) is 0 Å². The van der Waals surface area contributed by atoms with Crippen LogP contribution in [-0.4, -0.2) is 69.2 Å². The maximum absolute atomic E-state index is 12.9. The third-order valence-electron chi connectivity index (χ3n) is 5.64. The lowest BCUT2D eigenvalue weighted by atomic mass is 10.0. The van der Waals surface area contributed by atoms with Crippen LogP contribution in [-0.2, 0) is 23.9 Å². The Morgan fingerprint density at radius 1 is 1.15 bits per heavy atom. The molecule has 1 fully saturated rings. The molecule has 2 aromatic carbocycles. The third kappa shape index (κ3) is 6.70. The first kappa shape index (κ1) is 28.8. The van der Waals surface area contributed by atoms with E-state index in [0.717, 1.165) is 16.7 Å². The van der Waals surface area contributed by atoms with E-state index in [0.29, 0.717) is 20.6 Å². The summed E-state index contributed by atoms with van der Waals surface area (Å²) in [7, 11) is 0. The predicted molar refractivity (Wildman–Crippen MR) is 148 cm³/mol. The summed E-state index contributed by atoms with van der Waals surface area (Å²) in [4.78, 5) is 62.7. The molecule has 0 aliphatic carbocycles. The normalized spacial score (nSPS) is 18.1. The lowest BCUT2D eigenvalue weighted by molar-refractivity contribution is -0.150. The first-order valence-corrected chi connectivity index (χ1v) is 14.2. The topological polar surface area (TPSA) is 142 Å². The molecule has 0 bridgehead atoms. The highest BCUT2D eigenvalue weighted by molar-refractivity contribution is 8.00. The lowest BCUT2D eigenvalue weighted by Crippen LogP contribution is -2.70. The smallest absolute Gasteiger partial charge is 0.352 e. The van der Waals surface area contributed by atoms with Gasteiger partial charge in [-0.3, -0.25) is 19.3 Å². The molecule has 39 heavy (non-hydrogen) atoms. The minimum atomic E-state index is -1.34. The zero-order chi connectivity index (χ0) is 28.3. The molecule has 4 rings (SSSR count). The molecule has 204 valence electrons. The SMILES string of the molecule is CC(=O)Nc1ccc(C(=O)OCC2=C(C(=O)O)N3C(=O)[C@@H](NC(=O)CSc4cc(Cl)ccc4Cl)C3SC2)cc1. The highest BCUT2D eigenvalue weighted by Crippen LogP contribution is 2.40. The van der Waals surface area contributed by atoms with Gasteiger partial charge in [0.2, 0.25) is 11.8 Å². The van der Waals surface area contributed by atoms with Crippen molar-refractivity contribution in [1.82, 2.24) is 10.2 Å². The summed E-state index contributed by atoms with van der Waals surface area (Å²) in [6.07, 6.45) is 0. The van der Waals surface area contributed by atoms with Gasteiger partial charge in [-0.1, -0.05) is 23.2 Å². The van der Waals surface area contributed by atoms with E-state index >= 15 is 0 Å². The summed E-state index contributed by atoms with van der Waals surface area (Å²) >= 11 is 14.5. The number of fused-ring (bicyclic) bond motifs is 1. The average Bonchev–Trinajstić information content (AvgIpc) is 2.90. The number of ether oxygens (including phenoxy) is 1. The van der Waals surface area contributed by atoms with Gasteiger partial charge in [-0.15, -0.1) is 23.5 Å². The van der Waals surface area contributed by atoms with E-state index in [4.69, 9.17) is 27.9 Å².